The molecular formula is C17H22N2O. The summed E-state index contributed by atoms with van der Waals surface area (Å²) in [5, 5.41) is 4.67. The van der Waals surface area contributed by atoms with Gasteiger partial charge in [-0.1, -0.05) is 24.3 Å². The van der Waals surface area contributed by atoms with Crippen LogP contribution in [0.3, 0.4) is 0 Å². The predicted molar refractivity (Wildman–Crippen MR) is 81.7 cm³/mol. The van der Waals surface area contributed by atoms with E-state index in [9.17, 15) is 0 Å². The fraction of sp³-hybridized carbons (Fsp3) is 0.471. The maximum Gasteiger partial charge on any atom is 0.0705 e. The second-order valence-electron chi connectivity index (χ2n) is 5.45. The summed E-state index contributed by atoms with van der Waals surface area (Å²) in [6.45, 7) is 2.77. The molecule has 1 fully saturated rings. The molecule has 3 heteroatoms. The average Bonchev–Trinajstić information content (AvgIpc) is 2.52. The second kappa shape index (κ2) is 6.82. The van der Waals surface area contributed by atoms with Crippen molar-refractivity contribution in [3.63, 3.8) is 0 Å². The van der Waals surface area contributed by atoms with Crippen molar-refractivity contribution in [3.05, 3.63) is 42.1 Å². The molecule has 0 spiro atoms. The van der Waals surface area contributed by atoms with Crippen LogP contribution in [0.25, 0.3) is 10.9 Å². The molecule has 1 aliphatic rings. The highest BCUT2D eigenvalue weighted by molar-refractivity contribution is 5.78. The van der Waals surface area contributed by atoms with Crippen LogP contribution in [-0.4, -0.2) is 24.2 Å². The van der Waals surface area contributed by atoms with Gasteiger partial charge in [0, 0.05) is 18.5 Å². The molecule has 0 saturated carbocycles. The topological polar surface area (TPSA) is 34.2 Å². The third-order valence-electron chi connectivity index (χ3n) is 3.88. The molecule has 0 radical (unpaired) electrons. The first kappa shape index (κ1) is 13.5. The number of hydrogen-bond acceptors (Lipinski definition) is 3. The Hall–Kier alpha value is -1.45. The lowest BCUT2D eigenvalue weighted by atomic mass is 10.1. The molecule has 0 aliphatic carbocycles. The molecule has 106 valence electrons. The largest absolute Gasteiger partial charge is 0.378 e. The minimum atomic E-state index is 0.459. The van der Waals surface area contributed by atoms with Crippen molar-refractivity contribution < 1.29 is 4.74 Å². The molecule has 1 aromatic carbocycles. The maximum atomic E-state index is 5.73. The first-order chi connectivity index (χ1) is 9.92. The van der Waals surface area contributed by atoms with Gasteiger partial charge in [-0.3, -0.25) is 4.98 Å². The highest BCUT2D eigenvalue weighted by Crippen LogP contribution is 2.15. The van der Waals surface area contributed by atoms with Crippen molar-refractivity contribution in [1.29, 1.82) is 0 Å². The monoisotopic (exact) mass is 270 g/mol. The molecule has 2 heterocycles. The molecule has 1 saturated heterocycles. The lowest BCUT2D eigenvalue weighted by Crippen LogP contribution is -2.25. The van der Waals surface area contributed by atoms with Crippen molar-refractivity contribution >= 4 is 10.9 Å². The summed E-state index contributed by atoms with van der Waals surface area (Å²) < 4.78 is 5.73. The van der Waals surface area contributed by atoms with Gasteiger partial charge in [0.2, 0.25) is 0 Å². The van der Waals surface area contributed by atoms with Gasteiger partial charge in [0.15, 0.2) is 0 Å². The summed E-state index contributed by atoms with van der Waals surface area (Å²) in [6.07, 6.45) is 5.33. The summed E-state index contributed by atoms with van der Waals surface area (Å²) in [5.74, 6) is 0. The third-order valence-corrected chi connectivity index (χ3v) is 3.88. The van der Waals surface area contributed by atoms with Crippen molar-refractivity contribution in [2.45, 2.75) is 38.3 Å². The van der Waals surface area contributed by atoms with E-state index in [1.165, 1.54) is 24.6 Å². The van der Waals surface area contributed by atoms with Crippen LogP contribution in [0.1, 0.15) is 31.4 Å². The lowest BCUT2D eigenvalue weighted by Gasteiger charge is -2.22. The summed E-state index contributed by atoms with van der Waals surface area (Å²) in [7, 11) is 0. The van der Waals surface area contributed by atoms with E-state index in [0.29, 0.717) is 6.10 Å². The Morgan fingerprint density at radius 1 is 1.15 bits per heavy atom. The molecule has 20 heavy (non-hydrogen) atoms. The number of aromatic nitrogens is 1. The summed E-state index contributed by atoms with van der Waals surface area (Å²) in [4.78, 5) is 4.67. The number of para-hydroxylation sites is 1. The van der Waals surface area contributed by atoms with E-state index in [-0.39, 0.29) is 0 Å². The molecular weight excluding hydrogens is 248 g/mol. The number of benzene rings is 1. The molecule has 1 aromatic heterocycles. The maximum absolute atomic E-state index is 5.73. The lowest BCUT2D eigenvalue weighted by molar-refractivity contribution is 0.0115. The number of hydrogen-bond donors (Lipinski definition) is 1. The van der Waals surface area contributed by atoms with Crippen LogP contribution in [-0.2, 0) is 11.3 Å². The summed E-state index contributed by atoms with van der Waals surface area (Å²) in [5.41, 5.74) is 2.18. The van der Waals surface area contributed by atoms with E-state index < -0.39 is 0 Å². The Kier molecular flexibility index (Phi) is 4.61. The van der Waals surface area contributed by atoms with E-state index in [1.807, 2.05) is 12.1 Å². The fourth-order valence-electron chi connectivity index (χ4n) is 2.72. The zero-order valence-electron chi connectivity index (χ0n) is 11.8. The van der Waals surface area contributed by atoms with E-state index in [2.05, 4.69) is 34.6 Å². The van der Waals surface area contributed by atoms with Gasteiger partial charge in [-0.15, -0.1) is 0 Å². The van der Waals surface area contributed by atoms with Gasteiger partial charge in [0.25, 0.3) is 0 Å². The number of nitrogens with one attached hydrogen (secondary N) is 1. The number of pyridine rings is 1. The molecule has 3 rings (SSSR count). The molecule has 3 nitrogen and oxygen atoms in total. The van der Waals surface area contributed by atoms with Crippen LogP contribution in [0.2, 0.25) is 0 Å². The van der Waals surface area contributed by atoms with Gasteiger partial charge in [0.05, 0.1) is 17.3 Å². The van der Waals surface area contributed by atoms with Crippen LogP contribution in [0.15, 0.2) is 36.4 Å². The molecule has 1 unspecified atom stereocenters. The van der Waals surface area contributed by atoms with E-state index in [1.54, 1.807) is 0 Å². The van der Waals surface area contributed by atoms with Crippen molar-refractivity contribution in [2.24, 2.45) is 0 Å². The van der Waals surface area contributed by atoms with Crippen LogP contribution >= 0.6 is 0 Å². The van der Waals surface area contributed by atoms with E-state index in [4.69, 9.17) is 4.74 Å². The molecule has 1 N–H and O–H groups in total. The smallest absolute Gasteiger partial charge is 0.0705 e. The number of ether oxygens (including phenoxy) is 1. The Morgan fingerprint density at radius 3 is 3.00 bits per heavy atom. The van der Waals surface area contributed by atoms with Gasteiger partial charge in [-0.05, 0) is 44.4 Å². The third kappa shape index (κ3) is 3.56. The number of fused-ring (bicyclic) bond motifs is 1. The van der Waals surface area contributed by atoms with Crippen LogP contribution in [0.4, 0.5) is 0 Å². The first-order valence-electron chi connectivity index (χ1n) is 7.59. The second-order valence-corrected chi connectivity index (χ2v) is 5.45. The molecule has 0 amide bonds. The van der Waals surface area contributed by atoms with Gasteiger partial charge in [-0.2, -0.15) is 0 Å². The van der Waals surface area contributed by atoms with Crippen molar-refractivity contribution in [1.82, 2.24) is 10.3 Å². The highest BCUT2D eigenvalue weighted by Gasteiger charge is 2.12. The van der Waals surface area contributed by atoms with Gasteiger partial charge in [0.1, 0.15) is 0 Å². The highest BCUT2D eigenvalue weighted by atomic mass is 16.5. The first-order valence-corrected chi connectivity index (χ1v) is 7.59. The molecule has 1 aliphatic heterocycles. The van der Waals surface area contributed by atoms with Gasteiger partial charge >= 0.3 is 0 Å². The van der Waals surface area contributed by atoms with E-state index >= 15 is 0 Å². The van der Waals surface area contributed by atoms with Crippen molar-refractivity contribution in [3.8, 4) is 0 Å². The molecule has 2 aromatic rings. The van der Waals surface area contributed by atoms with Crippen LogP contribution < -0.4 is 5.32 Å². The average molecular weight is 270 g/mol. The Balaban J connectivity index is 1.47. The Bertz CT molecular complexity index is 549. The van der Waals surface area contributed by atoms with E-state index in [0.717, 1.165) is 37.3 Å². The van der Waals surface area contributed by atoms with Gasteiger partial charge < -0.3 is 10.1 Å². The van der Waals surface area contributed by atoms with Crippen LogP contribution in [0.5, 0.6) is 0 Å². The predicted octanol–water partition coefficient (Wildman–Crippen LogP) is 3.28. The molecule has 0 bridgehead atoms. The summed E-state index contributed by atoms with van der Waals surface area (Å²) >= 11 is 0. The minimum Gasteiger partial charge on any atom is -0.378 e. The SMILES string of the molecule is c1ccc2nc(CNCCC3CCCCO3)ccc2c1. The van der Waals surface area contributed by atoms with Crippen molar-refractivity contribution in [2.75, 3.05) is 13.2 Å². The van der Waals surface area contributed by atoms with Gasteiger partial charge in [-0.25, -0.2) is 0 Å². The van der Waals surface area contributed by atoms with Crippen LogP contribution in [0, 0.1) is 0 Å². The fourth-order valence-corrected chi connectivity index (χ4v) is 2.72. The number of rotatable bonds is 5. The minimum absolute atomic E-state index is 0.459. The molecule has 1 atom stereocenters. The number of nitrogens with zero attached hydrogens (tertiary/aromatic N) is 1. The quantitative estimate of drug-likeness (QED) is 0.847. The standard InChI is InChI=1S/C17H22N2O/c1-2-7-17-14(5-1)8-9-15(19-17)13-18-11-10-16-6-3-4-12-20-16/h1-2,5,7-9,16,18H,3-4,6,10-13H2. The Labute approximate surface area is 120 Å². The zero-order chi connectivity index (χ0) is 13.6. The Morgan fingerprint density at radius 2 is 2.10 bits per heavy atom. The normalized spacial score (nSPS) is 19.3. The summed E-state index contributed by atoms with van der Waals surface area (Å²) in [6, 6.07) is 12.5. The zero-order valence-corrected chi connectivity index (χ0v) is 11.8.